The standard InChI is InChI=1S/C9H5FS3/c10-7-4-2-1-3-6(7)8-5-9(11)13-12-8/h1-5H. The van der Waals surface area contributed by atoms with Crippen LogP contribution in [0.25, 0.3) is 10.4 Å². The molecule has 0 bridgehead atoms. The molecule has 66 valence electrons. The van der Waals surface area contributed by atoms with Crippen molar-refractivity contribution in [1.82, 2.24) is 0 Å². The number of rotatable bonds is 1. The van der Waals surface area contributed by atoms with E-state index in [0.29, 0.717) is 5.56 Å². The van der Waals surface area contributed by atoms with Gasteiger partial charge in [-0.15, -0.1) is 0 Å². The van der Waals surface area contributed by atoms with Gasteiger partial charge in [-0.3, -0.25) is 0 Å². The van der Waals surface area contributed by atoms with Crippen LogP contribution in [0.1, 0.15) is 0 Å². The monoisotopic (exact) mass is 228 g/mol. The van der Waals surface area contributed by atoms with Crippen molar-refractivity contribution in [3.63, 3.8) is 0 Å². The highest BCUT2D eigenvalue weighted by molar-refractivity contribution is 7.80. The Morgan fingerprint density at radius 1 is 1.15 bits per heavy atom. The van der Waals surface area contributed by atoms with Crippen molar-refractivity contribution in [2.75, 3.05) is 0 Å². The van der Waals surface area contributed by atoms with E-state index < -0.39 is 0 Å². The Labute approximate surface area is 87.7 Å². The van der Waals surface area contributed by atoms with E-state index in [1.165, 1.54) is 26.7 Å². The van der Waals surface area contributed by atoms with E-state index >= 15 is 0 Å². The number of halogens is 1. The highest BCUT2D eigenvalue weighted by atomic mass is 32.9. The third-order valence-corrected chi connectivity index (χ3v) is 4.50. The van der Waals surface area contributed by atoms with Crippen LogP contribution >= 0.6 is 32.9 Å². The van der Waals surface area contributed by atoms with Crippen LogP contribution in [0.5, 0.6) is 0 Å². The Balaban J connectivity index is 2.58. The molecule has 0 nitrogen and oxygen atoms in total. The summed E-state index contributed by atoms with van der Waals surface area (Å²) < 4.78 is 14.1. The van der Waals surface area contributed by atoms with Gasteiger partial charge in [-0.05, 0) is 12.1 Å². The van der Waals surface area contributed by atoms with Crippen molar-refractivity contribution < 1.29 is 4.39 Å². The van der Waals surface area contributed by atoms with E-state index in [4.69, 9.17) is 12.2 Å². The lowest BCUT2D eigenvalue weighted by atomic mass is 10.2. The minimum Gasteiger partial charge on any atom is -0.206 e. The zero-order chi connectivity index (χ0) is 9.26. The largest absolute Gasteiger partial charge is 0.206 e. The SMILES string of the molecule is Fc1ccccc1-c1cc(=S)ss1. The molecular formula is C9H5FS3. The van der Waals surface area contributed by atoms with Crippen LogP contribution in [0.4, 0.5) is 4.39 Å². The fourth-order valence-electron chi connectivity index (χ4n) is 1.02. The summed E-state index contributed by atoms with van der Waals surface area (Å²) in [6, 6.07) is 8.57. The molecule has 0 radical (unpaired) electrons. The summed E-state index contributed by atoms with van der Waals surface area (Å²) in [5, 5.41) is 0. The summed E-state index contributed by atoms with van der Waals surface area (Å²) in [7, 11) is 3.01. The van der Waals surface area contributed by atoms with Crippen molar-refractivity contribution >= 4 is 32.9 Å². The van der Waals surface area contributed by atoms with E-state index in [1.807, 2.05) is 12.1 Å². The van der Waals surface area contributed by atoms with Crippen molar-refractivity contribution in [2.45, 2.75) is 0 Å². The van der Waals surface area contributed by atoms with E-state index in [0.717, 1.165) is 8.70 Å². The highest BCUT2D eigenvalue weighted by Crippen LogP contribution is 2.30. The maximum atomic E-state index is 13.3. The Morgan fingerprint density at radius 2 is 1.92 bits per heavy atom. The summed E-state index contributed by atoms with van der Waals surface area (Å²) in [4.78, 5) is 0.910. The molecule has 0 fully saturated rings. The first kappa shape index (κ1) is 8.99. The number of hydrogen-bond donors (Lipinski definition) is 0. The lowest BCUT2D eigenvalue weighted by Crippen LogP contribution is -1.78. The highest BCUT2D eigenvalue weighted by Gasteiger charge is 2.04. The van der Waals surface area contributed by atoms with Gasteiger partial charge < -0.3 is 0 Å². The third kappa shape index (κ3) is 1.85. The molecule has 0 aliphatic carbocycles. The van der Waals surface area contributed by atoms with Gasteiger partial charge >= 0.3 is 0 Å². The van der Waals surface area contributed by atoms with Gasteiger partial charge in [0.2, 0.25) is 0 Å². The smallest absolute Gasteiger partial charge is 0.131 e. The summed E-state index contributed by atoms with van der Waals surface area (Å²) >= 11 is 4.98. The molecule has 0 atom stereocenters. The lowest BCUT2D eigenvalue weighted by molar-refractivity contribution is 0.631. The minimum absolute atomic E-state index is 0.188. The van der Waals surface area contributed by atoms with Crippen molar-refractivity contribution in [1.29, 1.82) is 0 Å². The van der Waals surface area contributed by atoms with Crippen LogP contribution in [0.3, 0.4) is 0 Å². The predicted octanol–water partition coefficient (Wildman–Crippen LogP) is 4.35. The van der Waals surface area contributed by atoms with Crippen molar-refractivity contribution in [3.8, 4) is 10.4 Å². The average Bonchev–Trinajstić information content (AvgIpc) is 2.53. The normalized spacial score (nSPS) is 10.2. The summed E-state index contributed by atoms with van der Waals surface area (Å²) in [5.74, 6) is -0.188. The van der Waals surface area contributed by atoms with Gasteiger partial charge in [-0.1, -0.05) is 51.1 Å². The molecule has 0 unspecified atom stereocenters. The predicted molar refractivity (Wildman–Crippen MR) is 58.4 cm³/mol. The summed E-state index contributed by atoms with van der Waals surface area (Å²) in [6.07, 6.45) is 0. The Bertz CT molecular complexity index is 469. The lowest BCUT2D eigenvalue weighted by Gasteiger charge is -1.96. The van der Waals surface area contributed by atoms with Gasteiger partial charge in [-0.25, -0.2) is 4.39 Å². The maximum Gasteiger partial charge on any atom is 0.131 e. The molecule has 4 heteroatoms. The Morgan fingerprint density at radius 3 is 2.54 bits per heavy atom. The average molecular weight is 228 g/mol. The Kier molecular flexibility index (Phi) is 2.53. The first-order valence-electron chi connectivity index (χ1n) is 3.62. The van der Waals surface area contributed by atoms with Crippen LogP contribution < -0.4 is 0 Å². The molecule has 0 amide bonds. The van der Waals surface area contributed by atoms with E-state index in [1.54, 1.807) is 12.1 Å². The molecular weight excluding hydrogens is 223 g/mol. The second kappa shape index (κ2) is 3.65. The van der Waals surface area contributed by atoms with Gasteiger partial charge in [0.1, 0.15) is 9.64 Å². The molecule has 0 saturated heterocycles. The van der Waals surface area contributed by atoms with E-state index in [9.17, 15) is 4.39 Å². The Hall–Kier alpha value is -0.580. The van der Waals surface area contributed by atoms with E-state index in [-0.39, 0.29) is 5.82 Å². The first-order chi connectivity index (χ1) is 6.27. The van der Waals surface area contributed by atoms with Gasteiger partial charge in [0.25, 0.3) is 0 Å². The van der Waals surface area contributed by atoms with Crippen molar-refractivity contribution in [3.05, 3.63) is 40.0 Å². The van der Waals surface area contributed by atoms with Crippen LogP contribution in [0.15, 0.2) is 30.3 Å². The fourth-order valence-corrected chi connectivity index (χ4v) is 3.43. The zero-order valence-electron chi connectivity index (χ0n) is 6.49. The number of hydrogen-bond acceptors (Lipinski definition) is 3. The van der Waals surface area contributed by atoms with Gasteiger partial charge in [-0.2, -0.15) is 0 Å². The molecule has 2 rings (SSSR count). The minimum atomic E-state index is -0.188. The van der Waals surface area contributed by atoms with Gasteiger partial charge in [0.05, 0.1) is 4.88 Å². The molecule has 0 spiro atoms. The molecule has 0 saturated carbocycles. The topological polar surface area (TPSA) is 0 Å². The van der Waals surface area contributed by atoms with E-state index in [2.05, 4.69) is 0 Å². The number of benzene rings is 1. The second-order valence-electron chi connectivity index (χ2n) is 2.47. The van der Waals surface area contributed by atoms with Gasteiger partial charge in [0.15, 0.2) is 0 Å². The summed E-state index contributed by atoms with van der Waals surface area (Å²) in [5.41, 5.74) is 0.639. The van der Waals surface area contributed by atoms with Crippen LogP contribution in [0.2, 0.25) is 0 Å². The van der Waals surface area contributed by atoms with Crippen LogP contribution in [-0.2, 0) is 0 Å². The molecule has 0 N–H and O–H groups in total. The quantitative estimate of drug-likeness (QED) is 0.516. The van der Waals surface area contributed by atoms with Gasteiger partial charge in [0, 0.05) is 5.56 Å². The van der Waals surface area contributed by atoms with Crippen LogP contribution in [-0.4, -0.2) is 0 Å². The molecule has 2 aromatic rings. The molecule has 0 aliphatic heterocycles. The first-order valence-corrected chi connectivity index (χ1v) is 6.18. The van der Waals surface area contributed by atoms with Crippen LogP contribution in [0, 0.1) is 9.64 Å². The molecule has 1 heterocycles. The molecule has 1 aromatic carbocycles. The molecule has 13 heavy (non-hydrogen) atoms. The molecule has 0 aliphatic rings. The maximum absolute atomic E-state index is 13.3. The molecule has 1 aromatic heterocycles. The fraction of sp³-hybridized carbons (Fsp3) is 0. The summed E-state index contributed by atoms with van der Waals surface area (Å²) in [6.45, 7) is 0. The second-order valence-corrected chi connectivity index (χ2v) is 5.39. The third-order valence-electron chi connectivity index (χ3n) is 1.60. The zero-order valence-corrected chi connectivity index (χ0v) is 8.94. The van der Waals surface area contributed by atoms with Crippen molar-refractivity contribution in [2.24, 2.45) is 0 Å².